The third-order valence-electron chi connectivity index (χ3n) is 4.33. The lowest BCUT2D eigenvalue weighted by molar-refractivity contribution is -0.134. The Bertz CT molecular complexity index is 291. The van der Waals surface area contributed by atoms with Crippen LogP contribution in [-0.4, -0.2) is 28.6 Å². The Balaban J connectivity index is 4.95. The highest BCUT2D eigenvalue weighted by Gasteiger charge is 2.41. The molecule has 0 aromatic carbocycles. The van der Waals surface area contributed by atoms with Crippen LogP contribution in [0.1, 0.15) is 41.5 Å². The summed E-state index contributed by atoms with van der Waals surface area (Å²) >= 11 is 0. The SMILES string of the molecule is CC[Si](CC)(CC[Si](CC)(CC)OC(C)=O)OC(C)=O. The van der Waals surface area contributed by atoms with Gasteiger partial charge in [0.05, 0.1) is 0 Å². The Labute approximate surface area is 125 Å². The van der Waals surface area contributed by atoms with Crippen molar-refractivity contribution >= 4 is 28.6 Å². The Morgan fingerprint density at radius 1 is 0.700 bits per heavy atom. The molecule has 0 radical (unpaired) electrons. The van der Waals surface area contributed by atoms with Crippen LogP contribution in [0.4, 0.5) is 0 Å². The summed E-state index contributed by atoms with van der Waals surface area (Å²) in [7, 11) is -4.01. The number of carbonyl (C=O) groups is 2. The lowest BCUT2D eigenvalue weighted by atomic mass is 10.8. The molecule has 0 bridgehead atoms. The Hall–Kier alpha value is -0.626. The van der Waals surface area contributed by atoms with Gasteiger partial charge in [-0.1, -0.05) is 27.7 Å². The molecule has 0 aromatic rings. The molecule has 0 saturated carbocycles. The Morgan fingerprint density at radius 3 is 1.10 bits per heavy atom. The highest BCUT2D eigenvalue weighted by atomic mass is 28.4. The molecule has 0 aromatic heterocycles. The maximum Gasteiger partial charge on any atom is 0.289 e. The van der Waals surface area contributed by atoms with Crippen LogP contribution in [0.25, 0.3) is 0 Å². The summed E-state index contributed by atoms with van der Waals surface area (Å²) in [6.45, 7) is 11.4. The second-order valence-corrected chi connectivity index (χ2v) is 14.4. The van der Waals surface area contributed by atoms with E-state index in [0.29, 0.717) is 0 Å². The zero-order chi connectivity index (χ0) is 15.8. The third kappa shape index (κ3) is 5.79. The second kappa shape index (κ2) is 8.61. The molecule has 0 spiro atoms. The summed E-state index contributed by atoms with van der Waals surface area (Å²) in [6.07, 6.45) is 0. The molecule has 0 unspecified atom stereocenters. The van der Waals surface area contributed by atoms with Crippen molar-refractivity contribution in [3.8, 4) is 0 Å². The quantitative estimate of drug-likeness (QED) is 0.601. The van der Waals surface area contributed by atoms with E-state index >= 15 is 0 Å². The molecule has 0 aliphatic rings. The van der Waals surface area contributed by atoms with Gasteiger partial charge >= 0.3 is 0 Å². The lowest BCUT2D eigenvalue weighted by Gasteiger charge is -2.34. The van der Waals surface area contributed by atoms with Crippen molar-refractivity contribution in [1.29, 1.82) is 0 Å². The van der Waals surface area contributed by atoms with Crippen LogP contribution in [0, 0.1) is 0 Å². The van der Waals surface area contributed by atoms with E-state index in [2.05, 4.69) is 27.7 Å². The van der Waals surface area contributed by atoms with Crippen molar-refractivity contribution in [2.45, 2.75) is 77.8 Å². The van der Waals surface area contributed by atoms with Crippen molar-refractivity contribution in [1.82, 2.24) is 0 Å². The standard InChI is InChI=1S/C14H30O4Si2/c1-7-19(8-2,17-13(5)15)11-12-20(9-3,10-4)18-14(6)16/h7-12H2,1-6H3. The summed E-state index contributed by atoms with van der Waals surface area (Å²) < 4.78 is 11.4. The fourth-order valence-electron chi connectivity index (χ4n) is 2.66. The van der Waals surface area contributed by atoms with Crippen LogP contribution >= 0.6 is 0 Å². The summed E-state index contributed by atoms with van der Waals surface area (Å²) in [5.74, 6) is -0.346. The van der Waals surface area contributed by atoms with Crippen molar-refractivity contribution in [2.24, 2.45) is 0 Å². The van der Waals surface area contributed by atoms with E-state index in [1.54, 1.807) is 0 Å². The predicted octanol–water partition coefficient (Wildman–Crippen LogP) is 4.08. The monoisotopic (exact) mass is 318 g/mol. The first-order valence-electron chi connectivity index (χ1n) is 7.67. The van der Waals surface area contributed by atoms with Gasteiger partial charge in [-0.15, -0.1) is 0 Å². The van der Waals surface area contributed by atoms with Gasteiger partial charge in [-0.25, -0.2) is 0 Å². The van der Waals surface area contributed by atoms with E-state index in [1.807, 2.05) is 0 Å². The summed E-state index contributed by atoms with van der Waals surface area (Å²) in [4.78, 5) is 22.7. The van der Waals surface area contributed by atoms with Gasteiger partial charge in [0, 0.05) is 13.8 Å². The van der Waals surface area contributed by atoms with Gasteiger partial charge in [-0.3, -0.25) is 9.59 Å². The number of hydrogen-bond donors (Lipinski definition) is 0. The van der Waals surface area contributed by atoms with E-state index in [-0.39, 0.29) is 11.9 Å². The minimum atomic E-state index is -2.01. The molecule has 0 N–H and O–H groups in total. The molecular formula is C14H30O4Si2. The maximum absolute atomic E-state index is 11.4. The average molecular weight is 319 g/mol. The van der Waals surface area contributed by atoms with Crippen LogP contribution in [0.3, 0.4) is 0 Å². The van der Waals surface area contributed by atoms with Crippen LogP contribution in [0.2, 0.25) is 36.3 Å². The first-order valence-corrected chi connectivity index (χ1v) is 12.7. The maximum atomic E-state index is 11.4. The largest absolute Gasteiger partial charge is 0.519 e. The van der Waals surface area contributed by atoms with E-state index in [0.717, 1.165) is 36.3 Å². The predicted molar refractivity (Wildman–Crippen MR) is 86.6 cm³/mol. The summed E-state index contributed by atoms with van der Waals surface area (Å²) in [5.41, 5.74) is 0. The highest BCUT2D eigenvalue weighted by Crippen LogP contribution is 2.32. The first kappa shape index (κ1) is 19.4. The molecule has 0 saturated heterocycles. The molecule has 118 valence electrons. The number of rotatable bonds is 9. The molecule has 0 fully saturated rings. The van der Waals surface area contributed by atoms with Crippen LogP contribution in [0.15, 0.2) is 0 Å². The van der Waals surface area contributed by atoms with Gasteiger partial charge in [0.2, 0.25) is 0 Å². The Kier molecular flexibility index (Phi) is 8.34. The number of hydrogen-bond acceptors (Lipinski definition) is 4. The van der Waals surface area contributed by atoms with Crippen LogP contribution in [-0.2, 0) is 18.4 Å². The lowest BCUT2D eigenvalue weighted by Crippen LogP contribution is -2.44. The average Bonchev–Trinajstić information content (AvgIpc) is 2.41. The van der Waals surface area contributed by atoms with Crippen LogP contribution in [0.5, 0.6) is 0 Å². The highest BCUT2D eigenvalue weighted by molar-refractivity contribution is 6.80. The first-order chi connectivity index (χ1) is 9.28. The molecule has 0 rings (SSSR count). The van der Waals surface area contributed by atoms with E-state index in [4.69, 9.17) is 8.85 Å². The zero-order valence-corrected chi connectivity index (χ0v) is 15.9. The van der Waals surface area contributed by atoms with Crippen molar-refractivity contribution in [2.75, 3.05) is 0 Å². The smallest absolute Gasteiger partial charge is 0.289 e. The molecule has 0 atom stereocenters. The van der Waals surface area contributed by atoms with E-state index < -0.39 is 16.6 Å². The molecule has 4 nitrogen and oxygen atoms in total. The molecule has 0 heterocycles. The normalized spacial score (nSPS) is 12.1. The van der Waals surface area contributed by atoms with Gasteiger partial charge in [0.25, 0.3) is 28.6 Å². The van der Waals surface area contributed by atoms with Crippen molar-refractivity contribution < 1.29 is 18.4 Å². The van der Waals surface area contributed by atoms with Crippen LogP contribution < -0.4 is 0 Å². The molecule has 6 heteroatoms. The zero-order valence-electron chi connectivity index (χ0n) is 13.9. The fourth-order valence-corrected chi connectivity index (χ4v) is 10.7. The summed E-state index contributed by atoms with van der Waals surface area (Å²) in [5, 5.41) is 0. The topological polar surface area (TPSA) is 52.6 Å². The van der Waals surface area contributed by atoms with E-state index in [9.17, 15) is 9.59 Å². The van der Waals surface area contributed by atoms with Gasteiger partial charge < -0.3 is 8.85 Å². The van der Waals surface area contributed by atoms with Crippen molar-refractivity contribution in [3.63, 3.8) is 0 Å². The Morgan fingerprint density at radius 2 is 0.950 bits per heavy atom. The van der Waals surface area contributed by atoms with Gasteiger partial charge in [0.1, 0.15) is 0 Å². The number of carbonyl (C=O) groups excluding carboxylic acids is 2. The molecular weight excluding hydrogens is 288 g/mol. The summed E-state index contributed by atoms with van der Waals surface area (Å²) in [6, 6.07) is 5.56. The van der Waals surface area contributed by atoms with Gasteiger partial charge in [-0.2, -0.15) is 0 Å². The second-order valence-electron chi connectivity index (χ2n) is 5.47. The van der Waals surface area contributed by atoms with Gasteiger partial charge in [0.15, 0.2) is 0 Å². The molecule has 20 heavy (non-hydrogen) atoms. The van der Waals surface area contributed by atoms with E-state index in [1.165, 1.54) is 13.8 Å². The minimum Gasteiger partial charge on any atom is -0.519 e. The fraction of sp³-hybridized carbons (Fsp3) is 0.857. The minimum absolute atomic E-state index is 0.173. The van der Waals surface area contributed by atoms with Crippen molar-refractivity contribution in [3.05, 3.63) is 0 Å². The third-order valence-corrected chi connectivity index (χ3v) is 13.8. The molecule has 0 amide bonds. The molecule has 0 aliphatic heterocycles. The molecule has 0 aliphatic carbocycles. The van der Waals surface area contributed by atoms with Gasteiger partial charge in [-0.05, 0) is 36.3 Å².